The van der Waals surface area contributed by atoms with Crippen LogP contribution in [0.4, 0.5) is 5.69 Å². The Morgan fingerprint density at radius 1 is 1.00 bits per heavy atom. The number of nitrogens with zero attached hydrogens (tertiary/aromatic N) is 1. The van der Waals surface area contributed by atoms with E-state index in [2.05, 4.69) is 47.6 Å². The number of ether oxygens (including phenoxy) is 1. The molecule has 0 N–H and O–H groups in total. The summed E-state index contributed by atoms with van der Waals surface area (Å²) in [6.07, 6.45) is 0.884. The second kappa shape index (κ2) is 8.52. The molecule has 0 saturated heterocycles. The molecule has 0 aliphatic carbocycles. The van der Waals surface area contributed by atoms with Gasteiger partial charge in [-0.15, -0.1) is 11.3 Å². The first-order valence-electron chi connectivity index (χ1n) is 10.5. The molecule has 1 aliphatic rings. The number of amides is 1. The second-order valence-corrected chi connectivity index (χ2v) is 15.0. The van der Waals surface area contributed by atoms with Gasteiger partial charge in [-0.05, 0) is 52.2 Å². The molecule has 0 atom stereocenters. The molecular formula is C23H33NO3SSi. The molecule has 1 aromatic heterocycles. The summed E-state index contributed by atoms with van der Waals surface area (Å²) in [6.45, 7) is 14.3. The van der Waals surface area contributed by atoms with Crippen molar-refractivity contribution < 1.29 is 14.0 Å². The maximum atomic E-state index is 12.9. The molecule has 3 rings (SSSR count). The van der Waals surface area contributed by atoms with Gasteiger partial charge in [0.15, 0.2) is 5.75 Å². The van der Waals surface area contributed by atoms with Crippen molar-refractivity contribution in [3.8, 4) is 11.5 Å². The van der Waals surface area contributed by atoms with Crippen LogP contribution in [0.15, 0.2) is 29.6 Å². The van der Waals surface area contributed by atoms with Gasteiger partial charge in [-0.25, -0.2) is 0 Å². The highest BCUT2D eigenvalue weighted by molar-refractivity contribution is 7.12. The summed E-state index contributed by atoms with van der Waals surface area (Å²) in [4.78, 5) is 15.6. The van der Waals surface area contributed by atoms with Crippen LogP contribution in [0.1, 0.15) is 56.8 Å². The number of methoxy groups -OCH3 is 1. The van der Waals surface area contributed by atoms with E-state index in [9.17, 15) is 4.79 Å². The molecule has 29 heavy (non-hydrogen) atoms. The highest BCUT2D eigenvalue weighted by atomic mass is 32.1. The zero-order chi connectivity index (χ0) is 21.3. The Hall–Kier alpha value is -1.79. The van der Waals surface area contributed by atoms with E-state index in [4.69, 9.17) is 9.16 Å². The van der Waals surface area contributed by atoms with Crippen molar-refractivity contribution in [1.29, 1.82) is 0 Å². The lowest BCUT2D eigenvalue weighted by Gasteiger charge is -2.42. The summed E-state index contributed by atoms with van der Waals surface area (Å²) in [7, 11) is -0.412. The summed E-state index contributed by atoms with van der Waals surface area (Å²) < 4.78 is 12.5. The molecule has 2 heterocycles. The van der Waals surface area contributed by atoms with Gasteiger partial charge < -0.3 is 14.1 Å². The molecule has 0 radical (unpaired) electrons. The van der Waals surface area contributed by atoms with Gasteiger partial charge in [-0.3, -0.25) is 4.79 Å². The summed E-state index contributed by atoms with van der Waals surface area (Å²) in [5.41, 5.74) is 3.46. The quantitative estimate of drug-likeness (QED) is 0.469. The number of rotatable bonds is 7. The van der Waals surface area contributed by atoms with Gasteiger partial charge >= 0.3 is 0 Å². The molecule has 2 aromatic rings. The Balaban J connectivity index is 1.95. The normalized spacial score (nSPS) is 14.7. The SMILES string of the molecule is COc1cc(N2CCc3ccsc3C2=O)ccc1O[Si](C(C)C)(C(C)C)C(C)C. The number of hydrogen-bond donors (Lipinski definition) is 0. The largest absolute Gasteiger partial charge is 0.540 e. The van der Waals surface area contributed by atoms with E-state index >= 15 is 0 Å². The van der Waals surface area contributed by atoms with Crippen LogP contribution in [0.25, 0.3) is 0 Å². The molecule has 1 aromatic carbocycles. The number of anilines is 1. The molecular weight excluding hydrogens is 398 g/mol. The summed E-state index contributed by atoms with van der Waals surface area (Å²) in [5.74, 6) is 1.57. The van der Waals surface area contributed by atoms with Crippen molar-refractivity contribution in [2.45, 2.75) is 64.6 Å². The Kier molecular flexibility index (Phi) is 6.44. The fraction of sp³-hybridized carbons (Fsp3) is 0.522. The first-order valence-corrected chi connectivity index (χ1v) is 13.5. The Morgan fingerprint density at radius 3 is 2.24 bits per heavy atom. The van der Waals surface area contributed by atoms with Gasteiger partial charge in [0.2, 0.25) is 0 Å². The highest BCUT2D eigenvalue weighted by Gasteiger charge is 2.47. The fourth-order valence-electron chi connectivity index (χ4n) is 4.88. The molecule has 0 bridgehead atoms. The molecule has 0 spiro atoms. The van der Waals surface area contributed by atoms with E-state index in [1.807, 2.05) is 28.5 Å². The standard InChI is InChI=1S/C23H33NO3SSi/c1-15(2)29(16(3)4,17(5)6)27-20-9-8-19(14-21(20)26-7)24-12-10-18-11-13-28-22(18)23(24)25/h8-9,11,13-17H,10,12H2,1-7H3. The van der Waals surface area contributed by atoms with Crippen molar-refractivity contribution in [2.24, 2.45) is 0 Å². The minimum absolute atomic E-state index is 0.0761. The third kappa shape index (κ3) is 3.84. The highest BCUT2D eigenvalue weighted by Crippen LogP contribution is 2.45. The van der Waals surface area contributed by atoms with Crippen LogP contribution < -0.4 is 14.1 Å². The monoisotopic (exact) mass is 431 g/mol. The lowest BCUT2D eigenvalue weighted by Crippen LogP contribution is -2.50. The summed E-state index contributed by atoms with van der Waals surface area (Å²) in [5, 5.41) is 2.00. The van der Waals surface area contributed by atoms with Gasteiger partial charge in [0, 0.05) is 18.3 Å². The third-order valence-electron chi connectivity index (χ3n) is 6.24. The number of carbonyl (C=O) groups excluding carboxylic acids is 1. The fourth-order valence-corrected chi connectivity index (χ4v) is 11.0. The first kappa shape index (κ1) is 21.9. The summed E-state index contributed by atoms with van der Waals surface area (Å²) in [6, 6.07) is 7.99. The predicted octanol–water partition coefficient (Wildman–Crippen LogP) is 6.51. The van der Waals surface area contributed by atoms with Crippen LogP contribution in [-0.4, -0.2) is 27.9 Å². The number of benzene rings is 1. The van der Waals surface area contributed by atoms with Crippen LogP contribution in [0.5, 0.6) is 11.5 Å². The zero-order valence-corrected chi connectivity index (χ0v) is 20.4. The molecule has 1 aliphatic heterocycles. The smallest absolute Gasteiger partial charge is 0.268 e. The minimum Gasteiger partial charge on any atom is -0.540 e. The van der Waals surface area contributed by atoms with Crippen LogP contribution in [0.2, 0.25) is 16.6 Å². The van der Waals surface area contributed by atoms with Crippen molar-refractivity contribution in [2.75, 3.05) is 18.6 Å². The summed E-state index contributed by atoms with van der Waals surface area (Å²) >= 11 is 1.52. The lowest BCUT2D eigenvalue weighted by atomic mass is 10.1. The third-order valence-corrected chi connectivity index (χ3v) is 13.2. The van der Waals surface area contributed by atoms with Crippen molar-refractivity contribution in [3.05, 3.63) is 40.1 Å². The van der Waals surface area contributed by atoms with Gasteiger partial charge in [0.1, 0.15) is 5.75 Å². The Bertz CT molecular complexity index is 853. The first-order chi connectivity index (χ1) is 13.7. The van der Waals surface area contributed by atoms with E-state index in [0.717, 1.165) is 28.3 Å². The molecule has 0 fully saturated rings. The van der Waals surface area contributed by atoms with E-state index in [-0.39, 0.29) is 5.91 Å². The molecule has 0 saturated carbocycles. The Labute approximate surface area is 180 Å². The van der Waals surface area contributed by atoms with Crippen molar-refractivity contribution >= 4 is 31.2 Å². The molecule has 6 heteroatoms. The van der Waals surface area contributed by atoms with E-state index in [0.29, 0.717) is 28.9 Å². The van der Waals surface area contributed by atoms with E-state index < -0.39 is 8.32 Å². The van der Waals surface area contributed by atoms with Gasteiger partial charge in [-0.1, -0.05) is 41.5 Å². The van der Waals surface area contributed by atoms with Crippen LogP contribution in [0, 0.1) is 0 Å². The second-order valence-electron chi connectivity index (χ2n) is 8.74. The van der Waals surface area contributed by atoms with Crippen LogP contribution in [0.3, 0.4) is 0 Å². The lowest BCUT2D eigenvalue weighted by molar-refractivity contribution is 0.0985. The molecule has 158 valence electrons. The van der Waals surface area contributed by atoms with Gasteiger partial charge in [0.05, 0.1) is 12.0 Å². The maximum Gasteiger partial charge on any atom is 0.268 e. The average molecular weight is 432 g/mol. The van der Waals surface area contributed by atoms with Crippen molar-refractivity contribution in [1.82, 2.24) is 0 Å². The Morgan fingerprint density at radius 2 is 1.66 bits per heavy atom. The number of carbonyl (C=O) groups is 1. The van der Waals surface area contributed by atoms with E-state index in [1.54, 1.807) is 7.11 Å². The minimum atomic E-state index is -2.08. The number of fused-ring (bicyclic) bond motifs is 1. The van der Waals surface area contributed by atoms with E-state index in [1.165, 1.54) is 11.3 Å². The van der Waals surface area contributed by atoms with Crippen LogP contribution in [-0.2, 0) is 6.42 Å². The topological polar surface area (TPSA) is 38.8 Å². The van der Waals surface area contributed by atoms with Gasteiger partial charge in [-0.2, -0.15) is 0 Å². The molecule has 0 unspecified atom stereocenters. The maximum absolute atomic E-state index is 12.9. The van der Waals surface area contributed by atoms with Crippen LogP contribution >= 0.6 is 11.3 Å². The van der Waals surface area contributed by atoms with Crippen molar-refractivity contribution in [3.63, 3.8) is 0 Å². The predicted molar refractivity (Wildman–Crippen MR) is 124 cm³/mol. The number of thiophene rings is 1. The van der Waals surface area contributed by atoms with Gasteiger partial charge in [0.25, 0.3) is 14.2 Å². The molecule has 4 nitrogen and oxygen atoms in total. The number of hydrogen-bond acceptors (Lipinski definition) is 4. The molecule has 1 amide bonds. The zero-order valence-electron chi connectivity index (χ0n) is 18.6. The average Bonchev–Trinajstić information content (AvgIpc) is 3.15.